The monoisotopic (exact) mass is 377 g/mol. The first kappa shape index (κ1) is 19.2. The van der Waals surface area contributed by atoms with E-state index in [1.54, 1.807) is 12.1 Å². The Morgan fingerprint density at radius 3 is 2.23 bits per heavy atom. The highest BCUT2D eigenvalue weighted by Gasteiger charge is 2.41. The fourth-order valence-corrected chi connectivity index (χ4v) is 4.13. The quantitative estimate of drug-likeness (QED) is 0.513. The second-order valence-corrected chi connectivity index (χ2v) is 9.67. The van der Waals surface area contributed by atoms with Crippen molar-refractivity contribution in [1.29, 1.82) is 0 Å². The van der Waals surface area contributed by atoms with Crippen LogP contribution >= 0.6 is 0 Å². The summed E-state index contributed by atoms with van der Waals surface area (Å²) in [4.78, 5) is 5.20. The van der Waals surface area contributed by atoms with Crippen molar-refractivity contribution >= 4 is 15.8 Å². The molecular formula is C20H31N3O2S. The summed E-state index contributed by atoms with van der Waals surface area (Å²) in [7, 11) is -3.13. The van der Waals surface area contributed by atoms with Gasteiger partial charge in [-0.1, -0.05) is 12.1 Å². The number of sulfone groups is 1. The molecule has 0 atom stereocenters. The number of nitrogens with one attached hydrogen (secondary N) is 2. The largest absolute Gasteiger partial charge is 0.357 e. The fourth-order valence-electron chi connectivity index (χ4n) is 3.50. The van der Waals surface area contributed by atoms with Gasteiger partial charge in [-0.2, -0.15) is 0 Å². The smallest absolute Gasteiger partial charge is 0.191 e. The van der Waals surface area contributed by atoms with E-state index in [0.29, 0.717) is 4.90 Å². The van der Waals surface area contributed by atoms with Crippen LogP contribution in [0.4, 0.5) is 0 Å². The van der Waals surface area contributed by atoms with Gasteiger partial charge in [0.2, 0.25) is 0 Å². The lowest BCUT2D eigenvalue weighted by atomic mass is 9.98. The topological polar surface area (TPSA) is 70.6 Å². The van der Waals surface area contributed by atoms with Crippen molar-refractivity contribution in [2.75, 3.05) is 25.9 Å². The molecule has 0 spiro atoms. The highest BCUT2D eigenvalue weighted by molar-refractivity contribution is 7.90. The van der Waals surface area contributed by atoms with Crippen LogP contribution in [-0.4, -0.2) is 40.3 Å². The van der Waals surface area contributed by atoms with Gasteiger partial charge in [0, 0.05) is 25.9 Å². The van der Waals surface area contributed by atoms with Gasteiger partial charge >= 0.3 is 0 Å². The number of nitrogens with zero attached hydrogens (tertiary/aromatic N) is 1. The zero-order chi connectivity index (χ0) is 18.6. The minimum absolute atomic E-state index is 0.371. The van der Waals surface area contributed by atoms with Crippen molar-refractivity contribution in [3.63, 3.8) is 0 Å². The van der Waals surface area contributed by atoms with Gasteiger partial charge in [-0.15, -0.1) is 0 Å². The molecule has 2 aliphatic rings. The zero-order valence-electron chi connectivity index (χ0n) is 15.9. The minimum atomic E-state index is -3.13. The van der Waals surface area contributed by atoms with Crippen LogP contribution in [0, 0.1) is 17.8 Å². The molecule has 0 amide bonds. The number of benzene rings is 1. The van der Waals surface area contributed by atoms with E-state index in [2.05, 4.69) is 17.6 Å². The van der Waals surface area contributed by atoms with Crippen molar-refractivity contribution in [2.45, 2.75) is 43.9 Å². The molecule has 2 aliphatic carbocycles. The van der Waals surface area contributed by atoms with E-state index in [0.717, 1.165) is 55.3 Å². The molecule has 26 heavy (non-hydrogen) atoms. The molecule has 0 bridgehead atoms. The molecule has 2 N–H and O–H groups in total. The van der Waals surface area contributed by atoms with Gasteiger partial charge in [0.1, 0.15) is 0 Å². The maximum Gasteiger partial charge on any atom is 0.191 e. The maximum absolute atomic E-state index is 11.5. The summed E-state index contributed by atoms with van der Waals surface area (Å²) in [5.41, 5.74) is 1.12. The molecule has 1 aromatic carbocycles. The third-order valence-electron chi connectivity index (χ3n) is 5.32. The Hall–Kier alpha value is -1.56. The average Bonchev–Trinajstić information content (AvgIpc) is 3.48. The first-order valence-electron chi connectivity index (χ1n) is 9.78. The second kappa shape index (κ2) is 8.42. The van der Waals surface area contributed by atoms with Crippen LogP contribution in [0.5, 0.6) is 0 Å². The van der Waals surface area contributed by atoms with Crippen LogP contribution in [-0.2, 0) is 16.3 Å². The Labute approximate surface area is 157 Å². The summed E-state index contributed by atoms with van der Waals surface area (Å²) in [5, 5.41) is 6.74. The van der Waals surface area contributed by atoms with Gasteiger partial charge in [0.05, 0.1) is 4.90 Å². The molecule has 5 nitrogen and oxygen atoms in total. The molecule has 6 heteroatoms. The highest BCUT2D eigenvalue weighted by Crippen LogP contribution is 2.49. The molecule has 2 fully saturated rings. The lowest BCUT2D eigenvalue weighted by Crippen LogP contribution is -2.38. The standard InChI is InChI=1S/C20H31N3O2S/c1-3-21-20(23-14-19(16-6-7-16)17-8-9-17)22-13-12-15-4-10-18(11-5-15)26(2,24)25/h4-5,10-11,16-17,19H,3,6-9,12-14H2,1-2H3,(H2,21,22,23). The van der Waals surface area contributed by atoms with E-state index in [1.165, 1.54) is 31.9 Å². The Morgan fingerprint density at radius 2 is 1.73 bits per heavy atom. The molecule has 1 aromatic rings. The number of aliphatic imine (C=N–C) groups is 1. The van der Waals surface area contributed by atoms with Crippen LogP contribution in [0.1, 0.15) is 38.2 Å². The summed E-state index contributed by atoms with van der Waals surface area (Å²) in [6.45, 7) is 4.65. The first-order chi connectivity index (χ1) is 12.5. The number of rotatable bonds is 9. The Kier molecular flexibility index (Phi) is 6.22. The molecule has 0 saturated heterocycles. The van der Waals surface area contributed by atoms with Crippen LogP contribution in [0.2, 0.25) is 0 Å². The van der Waals surface area contributed by atoms with Crippen molar-refractivity contribution < 1.29 is 8.42 Å². The van der Waals surface area contributed by atoms with E-state index in [1.807, 2.05) is 12.1 Å². The third kappa shape index (κ3) is 5.73. The summed E-state index contributed by atoms with van der Waals surface area (Å²) in [6.07, 6.45) is 7.64. The molecule has 0 radical (unpaired) electrons. The van der Waals surface area contributed by atoms with E-state index >= 15 is 0 Å². The molecule has 3 rings (SSSR count). The van der Waals surface area contributed by atoms with E-state index in [9.17, 15) is 8.42 Å². The fraction of sp³-hybridized carbons (Fsp3) is 0.650. The van der Waals surface area contributed by atoms with Gasteiger partial charge in [-0.05, 0) is 74.5 Å². The zero-order valence-corrected chi connectivity index (χ0v) is 16.7. The highest BCUT2D eigenvalue weighted by atomic mass is 32.2. The Bertz CT molecular complexity index is 708. The molecule has 0 aromatic heterocycles. The number of hydrogen-bond donors (Lipinski definition) is 2. The third-order valence-corrected chi connectivity index (χ3v) is 6.45. The van der Waals surface area contributed by atoms with Gasteiger partial charge in [0.15, 0.2) is 15.8 Å². The van der Waals surface area contributed by atoms with Crippen LogP contribution in [0.3, 0.4) is 0 Å². The maximum atomic E-state index is 11.5. The number of hydrogen-bond acceptors (Lipinski definition) is 3. The first-order valence-corrected chi connectivity index (χ1v) is 11.7. The van der Waals surface area contributed by atoms with Gasteiger partial charge in [0.25, 0.3) is 0 Å². The molecule has 0 unspecified atom stereocenters. The van der Waals surface area contributed by atoms with Crippen molar-refractivity contribution in [3.05, 3.63) is 29.8 Å². The second-order valence-electron chi connectivity index (χ2n) is 7.65. The summed E-state index contributed by atoms with van der Waals surface area (Å²) < 4.78 is 23.0. The van der Waals surface area contributed by atoms with Crippen molar-refractivity contribution in [3.8, 4) is 0 Å². The Morgan fingerprint density at radius 1 is 1.12 bits per heavy atom. The van der Waals surface area contributed by atoms with E-state index in [-0.39, 0.29) is 0 Å². The van der Waals surface area contributed by atoms with Gasteiger partial charge in [-0.25, -0.2) is 8.42 Å². The molecule has 0 heterocycles. The Balaban J connectivity index is 1.49. The lowest BCUT2D eigenvalue weighted by molar-refractivity contribution is 0.417. The van der Waals surface area contributed by atoms with Crippen LogP contribution in [0.25, 0.3) is 0 Å². The van der Waals surface area contributed by atoms with Crippen molar-refractivity contribution in [1.82, 2.24) is 10.6 Å². The van der Waals surface area contributed by atoms with Gasteiger partial charge < -0.3 is 10.6 Å². The summed E-state index contributed by atoms with van der Waals surface area (Å²) >= 11 is 0. The van der Waals surface area contributed by atoms with E-state index < -0.39 is 9.84 Å². The SMILES string of the molecule is CCNC(=NCC(C1CC1)C1CC1)NCCc1ccc(S(C)(=O)=O)cc1. The average molecular weight is 378 g/mol. The normalized spacial score (nSPS) is 18.2. The van der Waals surface area contributed by atoms with Crippen LogP contribution in [0.15, 0.2) is 34.2 Å². The molecular weight excluding hydrogens is 346 g/mol. The summed E-state index contributed by atoms with van der Waals surface area (Å²) in [6, 6.07) is 7.14. The molecule has 2 saturated carbocycles. The molecule has 144 valence electrons. The van der Waals surface area contributed by atoms with Gasteiger partial charge in [-0.3, -0.25) is 4.99 Å². The molecule has 0 aliphatic heterocycles. The van der Waals surface area contributed by atoms with E-state index in [4.69, 9.17) is 4.99 Å². The minimum Gasteiger partial charge on any atom is -0.357 e. The van der Waals surface area contributed by atoms with Crippen molar-refractivity contribution in [2.24, 2.45) is 22.7 Å². The number of guanidine groups is 1. The van der Waals surface area contributed by atoms with Crippen LogP contribution < -0.4 is 10.6 Å². The predicted molar refractivity (Wildman–Crippen MR) is 106 cm³/mol. The summed E-state index contributed by atoms with van der Waals surface area (Å²) in [5.74, 6) is 3.52. The lowest BCUT2D eigenvalue weighted by Gasteiger charge is -2.15. The predicted octanol–water partition coefficient (Wildman–Crippen LogP) is 2.62.